The van der Waals surface area contributed by atoms with E-state index in [0.29, 0.717) is 11.7 Å². The zero-order chi connectivity index (χ0) is 11.6. The molecule has 0 amide bonds. The summed E-state index contributed by atoms with van der Waals surface area (Å²) in [5.74, 6) is 0.744. The largest absolute Gasteiger partial charge is 0.383 e. The molecule has 0 fully saturated rings. The van der Waals surface area contributed by atoms with E-state index in [9.17, 15) is 8.42 Å². The van der Waals surface area contributed by atoms with Crippen LogP contribution in [0.15, 0.2) is 18.2 Å². The fourth-order valence-electron chi connectivity index (χ4n) is 1.33. The van der Waals surface area contributed by atoms with Gasteiger partial charge >= 0.3 is 10.1 Å². The van der Waals surface area contributed by atoms with E-state index in [0.717, 1.165) is 17.4 Å². The van der Waals surface area contributed by atoms with Crippen molar-refractivity contribution in [1.82, 2.24) is 0 Å². The van der Waals surface area contributed by atoms with Crippen LogP contribution in [-0.4, -0.2) is 14.7 Å². The van der Waals surface area contributed by atoms with Gasteiger partial charge in [-0.05, 0) is 36.1 Å². The lowest BCUT2D eigenvalue weighted by Gasteiger charge is -2.10. The van der Waals surface area contributed by atoms with Gasteiger partial charge in [0, 0.05) is 0 Å². The molecule has 1 aromatic rings. The molecule has 0 aromatic heterocycles. The van der Waals surface area contributed by atoms with Gasteiger partial charge in [-0.25, -0.2) is 0 Å². The summed E-state index contributed by atoms with van der Waals surface area (Å²) in [5.41, 5.74) is 2.08. The Morgan fingerprint density at radius 2 is 1.80 bits per heavy atom. The molecule has 0 aliphatic carbocycles. The molecule has 1 rings (SSSR count). The first-order valence-corrected chi connectivity index (χ1v) is 6.60. The van der Waals surface area contributed by atoms with Crippen LogP contribution in [0.2, 0.25) is 0 Å². The maximum absolute atomic E-state index is 11.0. The molecule has 15 heavy (non-hydrogen) atoms. The fourth-order valence-corrected chi connectivity index (χ4v) is 1.78. The van der Waals surface area contributed by atoms with E-state index in [4.69, 9.17) is 4.18 Å². The molecule has 1 aromatic carbocycles. The lowest BCUT2D eigenvalue weighted by molar-refractivity contribution is 0.492. The van der Waals surface area contributed by atoms with Gasteiger partial charge in [-0.3, -0.25) is 0 Å². The second-order valence-electron chi connectivity index (χ2n) is 4.02. The van der Waals surface area contributed by atoms with E-state index >= 15 is 0 Å². The van der Waals surface area contributed by atoms with Crippen LogP contribution in [0.4, 0.5) is 0 Å². The highest BCUT2D eigenvalue weighted by molar-refractivity contribution is 7.86. The first-order chi connectivity index (χ1) is 6.78. The Labute approximate surface area is 91.2 Å². The van der Waals surface area contributed by atoms with Crippen LogP contribution in [0, 0.1) is 6.92 Å². The van der Waals surface area contributed by atoms with Gasteiger partial charge in [-0.1, -0.05) is 19.9 Å². The highest BCUT2D eigenvalue weighted by Gasteiger charge is 2.07. The average molecular weight is 228 g/mol. The minimum Gasteiger partial charge on any atom is -0.383 e. The van der Waals surface area contributed by atoms with Gasteiger partial charge in [-0.15, -0.1) is 0 Å². The summed E-state index contributed by atoms with van der Waals surface area (Å²) in [6.07, 6.45) is 1.05. The summed E-state index contributed by atoms with van der Waals surface area (Å²) in [7, 11) is -3.44. The zero-order valence-electron chi connectivity index (χ0n) is 9.44. The quantitative estimate of drug-likeness (QED) is 0.746. The van der Waals surface area contributed by atoms with Gasteiger partial charge < -0.3 is 4.18 Å². The van der Waals surface area contributed by atoms with Gasteiger partial charge in [0.25, 0.3) is 0 Å². The molecule has 0 unspecified atom stereocenters. The van der Waals surface area contributed by atoms with Crippen molar-refractivity contribution in [3.05, 3.63) is 29.3 Å². The second kappa shape index (κ2) is 4.23. The molecule has 0 saturated carbocycles. The van der Waals surface area contributed by atoms with Crippen molar-refractivity contribution in [3.8, 4) is 5.75 Å². The topological polar surface area (TPSA) is 43.4 Å². The average Bonchev–Trinajstić information content (AvgIpc) is 1.99. The predicted octanol–water partition coefficient (Wildman–Crippen LogP) is 2.46. The number of hydrogen-bond donors (Lipinski definition) is 0. The lowest BCUT2D eigenvalue weighted by Crippen LogP contribution is -2.06. The van der Waals surface area contributed by atoms with Crippen LogP contribution in [0.3, 0.4) is 0 Å². The Hall–Kier alpha value is -1.03. The van der Waals surface area contributed by atoms with Crippen LogP contribution in [-0.2, 0) is 10.1 Å². The third-order valence-electron chi connectivity index (χ3n) is 1.99. The van der Waals surface area contributed by atoms with Crippen molar-refractivity contribution in [3.63, 3.8) is 0 Å². The predicted molar refractivity (Wildman–Crippen MR) is 60.7 cm³/mol. The van der Waals surface area contributed by atoms with Crippen molar-refractivity contribution < 1.29 is 12.6 Å². The molecule has 84 valence electrons. The van der Waals surface area contributed by atoms with Crippen molar-refractivity contribution in [2.24, 2.45) is 0 Å². The second-order valence-corrected chi connectivity index (χ2v) is 5.60. The van der Waals surface area contributed by atoms with E-state index in [1.165, 1.54) is 0 Å². The van der Waals surface area contributed by atoms with Gasteiger partial charge in [0.1, 0.15) is 5.75 Å². The van der Waals surface area contributed by atoms with Crippen molar-refractivity contribution in [2.45, 2.75) is 26.7 Å². The Morgan fingerprint density at radius 1 is 1.20 bits per heavy atom. The molecule has 0 aliphatic heterocycles. The Morgan fingerprint density at radius 3 is 2.27 bits per heavy atom. The van der Waals surface area contributed by atoms with Crippen LogP contribution in [0.1, 0.15) is 30.9 Å². The third kappa shape index (κ3) is 3.91. The molecular formula is C11H16O3S. The number of aryl methyl sites for hydroxylation is 1. The standard InChI is InChI=1S/C11H16O3S/c1-8(2)10-5-9(3)6-11(7-10)14-15(4,12)13/h5-8H,1-4H3. The number of hydrogen-bond acceptors (Lipinski definition) is 3. The highest BCUT2D eigenvalue weighted by Crippen LogP contribution is 2.23. The summed E-state index contributed by atoms with van der Waals surface area (Å²) >= 11 is 0. The minimum absolute atomic E-state index is 0.354. The van der Waals surface area contributed by atoms with Crippen molar-refractivity contribution >= 4 is 10.1 Å². The van der Waals surface area contributed by atoms with E-state index in [-0.39, 0.29) is 0 Å². The molecule has 0 radical (unpaired) electrons. The first kappa shape index (κ1) is 12.0. The van der Waals surface area contributed by atoms with E-state index < -0.39 is 10.1 Å². The molecule has 0 spiro atoms. The fraction of sp³-hybridized carbons (Fsp3) is 0.455. The monoisotopic (exact) mass is 228 g/mol. The molecule has 0 N–H and O–H groups in total. The summed E-state index contributed by atoms with van der Waals surface area (Å²) in [6, 6.07) is 5.51. The van der Waals surface area contributed by atoms with E-state index in [2.05, 4.69) is 13.8 Å². The Bertz CT molecular complexity index is 447. The molecule has 3 nitrogen and oxygen atoms in total. The molecule has 0 saturated heterocycles. The minimum atomic E-state index is -3.44. The summed E-state index contributed by atoms with van der Waals surface area (Å²) in [5, 5.41) is 0. The first-order valence-electron chi connectivity index (χ1n) is 4.79. The molecule has 0 aliphatic rings. The van der Waals surface area contributed by atoms with Crippen molar-refractivity contribution in [2.75, 3.05) is 6.26 Å². The maximum atomic E-state index is 11.0. The van der Waals surface area contributed by atoms with Crippen LogP contribution in [0.5, 0.6) is 5.75 Å². The van der Waals surface area contributed by atoms with Gasteiger partial charge in [-0.2, -0.15) is 8.42 Å². The van der Waals surface area contributed by atoms with E-state index in [1.54, 1.807) is 12.1 Å². The van der Waals surface area contributed by atoms with Gasteiger partial charge in [0.2, 0.25) is 0 Å². The molecular weight excluding hydrogens is 212 g/mol. The summed E-state index contributed by atoms with van der Waals surface area (Å²) < 4.78 is 26.8. The smallest absolute Gasteiger partial charge is 0.306 e. The lowest BCUT2D eigenvalue weighted by atomic mass is 10.0. The zero-order valence-corrected chi connectivity index (χ0v) is 10.3. The molecule has 4 heteroatoms. The van der Waals surface area contributed by atoms with Crippen LogP contribution < -0.4 is 4.18 Å². The maximum Gasteiger partial charge on any atom is 0.306 e. The Balaban J connectivity index is 3.10. The van der Waals surface area contributed by atoms with Crippen LogP contribution in [0.25, 0.3) is 0 Å². The molecule has 0 bridgehead atoms. The number of benzene rings is 1. The van der Waals surface area contributed by atoms with Crippen LogP contribution >= 0.6 is 0 Å². The molecule has 0 heterocycles. The normalized spacial score (nSPS) is 11.8. The summed E-state index contributed by atoms with van der Waals surface area (Å²) in [6.45, 7) is 6.03. The SMILES string of the molecule is Cc1cc(OS(C)(=O)=O)cc(C(C)C)c1. The Kier molecular flexibility index (Phi) is 3.39. The van der Waals surface area contributed by atoms with Crippen molar-refractivity contribution in [1.29, 1.82) is 0 Å². The van der Waals surface area contributed by atoms with Gasteiger partial charge in [0.15, 0.2) is 0 Å². The molecule has 0 atom stereocenters. The van der Waals surface area contributed by atoms with E-state index in [1.807, 2.05) is 13.0 Å². The highest BCUT2D eigenvalue weighted by atomic mass is 32.2. The summed E-state index contributed by atoms with van der Waals surface area (Å²) in [4.78, 5) is 0. The number of rotatable bonds is 3. The third-order valence-corrected chi connectivity index (χ3v) is 2.48. The van der Waals surface area contributed by atoms with Gasteiger partial charge in [0.05, 0.1) is 6.26 Å².